The molecule has 2 aromatic rings. The third-order valence-electron chi connectivity index (χ3n) is 3.61. The van der Waals surface area contributed by atoms with Crippen molar-refractivity contribution in [2.75, 3.05) is 11.4 Å². The molecule has 3 nitrogen and oxygen atoms in total. The molecule has 0 bridgehead atoms. The fourth-order valence-electron chi connectivity index (χ4n) is 2.65. The molecule has 0 atom stereocenters. The molecule has 0 saturated carbocycles. The number of amides is 1. The summed E-state index contributed by atoms with van der Waals surface area (Å²) in [5, 5.41) is 0. The van der Waals surface area contributed by atoms with Crippen LogP contribution in [0.2, 0.25) is 0 Å². The van der Waals surface area contributed by atoms with E-state index >= 15 is 0 Å². The summed E-state index contributed by atoms with van der Waals surface area (Å²) in [6.07, 6.45) is 1.06. The normalized spacial score (nSPS) is 13.4. The molecule has 0 N–H and O–H groups in total. The molecule has 1 aliphatic rings. The van der Waals surface area contributed by atoms with Crippen LogP contribution in [0.15, 0.2) is 48.5 Å². The molecule has 3 heteroatoms. The molecule has 21 heavy (non-hydrogen) atoms. The van der Waals surface area contributed by atoms with E-state index in [2.05, 4.69) is 6.07 Å². The fraction of sp³-hybridized carbons (Fsp3) is 0.278. The van der Waals surface area contributed by atoms with Crippen molar-refractivity contribution in [2.24, 2.45) is 0 Å². The molecule has 1 amide bonds. The van der Waals surface area contributed by atoms with E-state index in [1.807, 2.05) is 61.2 Å². The minimum Gasteiger partial charge on any atom is -0.491 e. The molecule has 0 unspecified atom stereocenters. The largest absolute Gasteiger partial charge is 0.491 e. The molecule has 1 heterocycles. The first-order valence-electron chi connectivity index (χ1n) is 7.31. The average Bonchev–Trinajstić information content (AvgIpc) is 2.90. The lowest BCUT2D eigenvalue weighted by Gasteiger charge is -2.17. The maximum Gasteiger partial charge on any atom is 0.258 e. The van der Waals surface area contributed by atoms with Crippen LogP contribution in [0.3, 0.4) is 0 Å². The molecular weight excluding hydrogens is 262 g/mol. The quantitative estimate of drug-likeness (QED) is 0.859. The van der Waals surface area contributed by atoms with Gasteiger partial charge in [-0.1, -0.05) is 18.2 Å². The summed E-state index contributed by atoms with van der Waals surface area (Å²) < 4.78 is 5.61. The number of nitrogens with zero attached hydrogens (tertiary/aromatic N) is 1. The van der Waals surface area contributed by atoms with Crippen LogP contribution >= 0.6 is 0 Å². The van der Waals surface area contributed by atoms with Crippen molar-refractivity contribution >= 4 is 11.6 Å². The molecule has 108 valence electrons. The number of carbonyl (C=O) groups is 1. The maximum atomic E-state index is 12.6. The number of carbonyl (C=O) groups excluding carboxylic acids is 1. The lowest BCUT2D eigenvalue weighted by Crippen LogP contribution is -2.28. The molecule has 1 aliphatic heterocycles. The van der Waals surface area contributed by atoms with Crippen LogP contribution in [0, 0.1) is 0 Å². The van der Waals surface area contributed by atoms with Crippen molar-refractivity contribution in [1.82, 2.24) is 0 Å². The van der Waals surface area contributed by atoms with Gasteiger partial charge in [-0.15, -0.1) is 0 Å². The lowest BCUT2D eigenvalue weighted by molar-refractivity contribution is 0.0989. The Balaban J connectivity index is 1.80. The molecule has 0 saturated heterocycles. The van der Waals surface area contributed by atoms with Crippen LogP contribution in [0.25, 0.3) is 0 Å². The fourth-order valence-corrected chi connectivity index (χ4v) is 2.65. The SMILES string of the molecule is CC(C)Oc1ccc(C(=O)N2CCc3ccccc32)cc1. The number of para-hydroxylation sites is 1. The number of ether oxygens (including phenoxy) is 1. The second kappa shape index (κ2) is 5.60. The first kappa shape index (κ1) is 13.7. The number of anilines is 1. The van der Waals surface area contributed by atoms with Gasteiger partial charge in [-0.05, 0) is 56.2 Å². The predicted molar refractivity (Wildman–Crippen MR) is 84.0 cm³/mol. The van der Waals surface area contributed by atoms with Crippen molar-refractivity contribution in [3.05, 3.63) is 59.7 Å². The minimum atomic E-state index is 0.0519. The Kier molecular flexibility index (Phi) is 3.65. The number of hydrogen-bond acceptors (Lipinski definition) is 2. The van der Waals surface area contributed by atoms with Gasteiger partial charge in [-0.25, -0.2) is 0 Å². The molecule has 0 radical (unpaired) electrons. The number of benzene rings is 2. The first-order chi connectivity index (χ1) is 10.1. The zero-order valence-electron chi connectivity index (χ0n) is 12.4. The van der Waals surface area contributed by atoms with Crippen LogP contribution in [0.1, 0.15) is 29.8 Å². The van der Waals surface area contributed by atoms with Gasteiger partial charge >= 0.3 is 0 Å². The maximum absolute atomic E-state index is 12.6. The summed E-state index contributed by atoms with van der Waals surface area (Å²) in [6.45, 7) is 4.73. The smallest absolute Gasteiger partial charge is 0.258 e. The molecule has 2 aromatic carbocycles. The Morgan fingerprint density at radius 1 is 1.10 bits per heavy atom. The van der Waals surface area contributed by atoms with Gasteiger partial charge in [-0.3, -0.25) is 4.79 Å². The van der Waals surface area contributed by atoms with Gasteiger partial charge in [0.1, 0.15) is 5.75 Å². The second-order valence-corrected chi connectivity index (χ2v) is 5.53. The number of rotatable bonds is 3. The van der Waals surface area contributed by atoms with Crippen molar-refractivity contribution in [3.63, 3.8) is 0 Å². The summed E-state index contributed by atoms with van der Waals surface area (Å²) in [4.78, 5) is 14.5. The number of hydrogen-bond donors (Lipinski definition) is 0. The second-order valence-electron chi connectivity index (χ2n) is 5.53. The molecule has 0 spiro atoms. The minimum absolute atomic E-state index is 0.0519. The Hall–Kier alpha value is -2.29. The number of fused-ring (bicyclic) bond motifs is 1. The van der Waals surface area contributed by atoms with E-state index in [1.54, 1.807) is 0 Å². The van der Waals surface area contributed by atoms with E-state index in [4.69, 9.17) is 4.74 Å². The van der Waals surface area contributed by atoms with Crippen molar-refractivity contribution in [3.8, 4) is 5.75 Å². The highest BCUT2D eigenvalue weighted by atomic mass is 16.5. The van der Waals surface area contributed by atoms with E-state index in [1.165, 1.54) is 5.56 Å². The van der Waals surface area contributed by atoms with Gasteiger partial charge in [0, 0.05) is 17.8 Å². The van der Waals surface area contributed by atoms with Crippen molar-refractivity contribution in [2.45, 2.75) is 26.4 Å². The molecule has 0 aliphatic carbocycles. The van der Waals surface area contributed by atoms with Crippen molar-refractivity contribution < 1.29 is 9.53 Å². The summed E-state index contributed by atoms with van der Waals surface area (Å²) in [6, 6.07) is 15.5. The molecule has 0 aromatic heterocycles. The van der Waals surface area contributed by atoms with Gasteiger partial charge in [-0.2, -0.15) is 0 Å². The van der Waals surface area contributed by atoms with E-state index in [0.29, 0.717) is 5.56 Å². The standard InChI is InChI=1S/C18H19NO2/c1-13(2)21-16-9-7-15(8-10-16)18(20)19-12-11-14-5-3-4-6-17(14)19/h3-10,13H,11-12H2,1-2H3. The molecular formula is C18H19NO2. The van der Waals surface area contributed by atoms with Gasteiger partial charge in [0.05, 0.1) is 6.10 Å². The average molecular weight is 281 g/mol. The zero-order chi connectivity index (χ0) is 14.8. The van der Waals surface area contributed by atoms with Crippen LogP contribution in [0.4, 0.5) is 5.69 Å². The van der Waals surface area contributed by atoms with Gasteiger partial charge in [0.25, 0.3) is 5.91 Å². The van der Waals surface area contributed by atoms with E-state index in [0.717, 1.165) is 24.4 Å². The summed E-state index contributed by atoms with van der Waals surface area (Å²) in [5.41, 5.74) is 2.97. The van der Waals surface area contributed by atoms with Crippen LogP contribution < -0.4 is 9.64 Å². The van der Waals surface area contributed by atoms with Gasteiger partial charge < -0.3 is 9.64 Å². The monoisotopic (exact) mass is 281 g/mol. The Morgan fingerprint density at radius 2 is 1.81 bits per heavy atom. The highest BCUT2D eigenvalue weighted by molar-refractivity contribution is 6.07. The third kappa shape index (κ3) is 2.77. The molecule has 0 fully saturated rings. The van der Waals surface area contributed by atoms with E-state index in [9.17, 15) is 4.79 Å². The summed E-state index contributed by atoms with van der Waals surface area (Å²) >= 11 is 0. The van der Waals surface area contributed by atoms with Gasteiger partial charge in [0.15, 0.2) is 0 Å². The Labute approximate surface area is 125 Å². The topological polar surface area (TPSA) is 29.5 Å². The highest BCUT2D eigenvalue weighted by Crippen LogP contribution is 2.29. The Morgan fingerprint density at radius 3 is 2.52 bits per heavy atom. The molecule has 3 rings (SSSR count). The first-order valence-corrected chi connectivity index (χ1v) is 7.31. The van der Waals surface area contributed by atoms with Crippen LogP contribution in [0.5, 0.6) is 5.75 Å². The third-order valence-corrected chi connectivity index (χ3v) is 3.61. The van der Waals surface area contributed by atoms with Gasteiger partial charge in [0.2, 0.25) is 0 Å². The van der Waals surface area contributed by atoms with Crippen molar-refractivity contribution in [1.29, 1.82) is 0 Å². The van der Waals surface area contributed by atoms with E-state index in [-0.39, 0.29) is 12.0 Å². The highest BCUT2D eigenvalue weighted by Gasteiger charge is 2.24. The van der Waals surface area contributed by atoms with Crippen LogP contribution in [-0.4, -0.2) is 18.6 Å². The predicted octanol–water partition coefficient (Wildman–Crippen LogP) is 3.68. The van der Waals surface area contributed by atoms with Crippen LogP contribution in [-0.2, 0) is 6.42 Å². The lowest BCUT2D eigenvalue weighted by atomic mass is 10.1. The van der Waals surface area contributed by atoms with E-state index < -0.39 is 0 Å². The zero-order valence-corrected chi connectivity index (χ0v) is 12.4. The summed E-state index contributed by atoms with van der Waals surface area (Å²) in [5.74, 6) is 0.847. The summed E-state index contributed by atoms with van der Waals surface area (Å²) in [7, 11) is 0. The Bertz CT molecular complexity index is 647.